The van der Waals surface area contributed by atoms with Gasteiger partial charge in [0.25, 0.3) is 0 Å². The molecule has 1 aliphatic heterocycles. The van der Waals surface area contributed by atoms with Crippen molar-refractivity contribution < 1.29 is 19.1 Å². The minimum Gasteiger partial charge on any atom is -0.461 e. The van der Waals surface area contributed by atoms with Crippen molar-refractivity contribution in [2.75, 3.05) is 24.6 Å². The summed E-state index contributed by atoms with van der Waals surface area (Å²) in [5.74, 6) is -0.132. The van der Waals surface area contributed by atoms with Crippen LogP contribution in [-0.2, 0) is 9.47 Å². The lowest BCUT2D eigenvalue weighted by atomic mass is 10.2. The smallest absolute Gasteiger partial charge is 0.407 e. The minimum absolute atomic E-state index is 0.0390. The van der Waals surface area contributed by atoms with Crippen LogP contribution in [0.3, 0.4) is 0 Å². The zero-order chi connectivity index (χ0) is 18.6. The van der Waals surface area contributed by atoms with E-state index >= 15 is 0 Å². The Morgan fingerprint density at radius 2 is 2.12 bits per heavy atom. The van der Waals surface area contributed by atoms with E-state index in [9.17, 15) is 9.59 Å². The van der Waals surface area contributed by atoms with Crippen molar-refractivity contribution in [2.45, 2.75) is 45.8 Å². The average molecular weight is 371 g/mol. The minimum atomic E-state index is -0.584. The Bertz CT molecular complexity index is 648. The summed E-state index contributed by atoms with van der Waals surface area (Å²) in [7, 11) is 0. The van der Waals surface area contributed by atoms with Crippen LogP contribution in [0.1, 0.15) is 44.6 Å². The summed E-state index contributed by atoms with van der Waals surface area (Å²) in [6.45, 7) is 8.53. The topological polar surface area (TPSA) is 93.6 Å². The number of anilines is 1. The molecule has 1 aromatic heterocycles. The Balaban J connectivity index is 2.03. The zero-order valence-electron chi connectivity index (χ0n) is 14.8. The summed E-state index contributed by atoms with van der Waals surface area (Å²) in [4.78, 5) is 33.7. The molecule has 2 rings (SSSR count). The van der Waals surface area contributed by atoms with E-state index in [1.54, 1.807) is 6.92 Å². The highest BCUT2D eigenvalue weighted by Gasteiger charge is 2.29. The van der Waals surface area contributed by atoms with Crippen LogP contribution in [0.15, 0.2) is 6.33 Å². The standard InChI is InChI=1S/C16H23ClN4O4/c1-5-24-14(22)12-11(17)13(19-9-18-12)21-7-6-10(8-21)20-15(23)25-16(2,3)4/h9-10H,5-8H2,1-4H3,(H,20,23). The summed E-state index contributed by atoms with van der Waals surface area (Å²) in [6.07, 6.45) is 1.54. The lowest BCUT2D eigenvalue weighted by Crippen LogP contribution is -2.40. The molecule has 1 saturated heterocycles. The Hall–Kier alpha value is -2.09. The number of ether oxygens (including phenoxy) is 2. The van der Waals surface area contributed by atoms with Crippen LogP contribution in [0.2, 0.25) is 5.02 Å². The summed E-state index contributed by atoms with van der Waals surface area (Å²) in [6, 6.07) is -0.0908. The van der Waals surface area contributed by atoms with Gasteiger partial charge in [-0.2, -0.15) is 0 Å². The largest absolute Gasteiger partial charge is 0.461 e. The second kappa shape index (κ2) is 7.86. The molecule has 1 N–H and O–H groups in total. The van der Waals surface area contributed by atoms with Gasteiger partial charge in [-0.05, 0) is 34.1 Å². The van der Waals surface area contributed by atoms with Crippen LogP contribution in [0.5, 0.6) is 0 Å². The molecule has 9 heteroatoms. The summed E-state index contributed by atoms with van der Waals surface area (Å²) >= 11 is 6.28. The number of alkyl carbamates (subject to hydrolysis) is 1. The molecule has 1 aromatic rings. The highest BCUT2D eigenvalue weighted by molar-refractivity contribution is 6.35. The van der Waals surface area contributed by atoms with Gasteiger partial charge in [0.1, 0.15) is 17.0 Å². The molecule has 0 aliphatic carbocycles. The molecule has 0 radical (unpaired) electrons. The summed E-state index contributed by atoms with van der Waals surface area (Å²) in [5.41, 5.74) is -0.510. The third kappa shape index (κ3) is 5.19. The van der Waals surface area contributed by atoms with Gasteiger partial charge in [0.15, 0.2) is 11.5 Å². The van der Waals surface area contributed by atoms with Crippen LogP contribution in [0, 0.1) is 0 Å². The second-order valence-electron chi connectivity index (χ2n) is 6.66. The number of carbonyl (C=O) groups is 2. The van der Waals surface area contributed by atoms with E-state index in [2.05, 4.69) is 15.3 Å². The van der Waals surface area contributed by atoms with Gasteiger partial charge in [0.2, 0.25) is 0 Å². The Morgan fingerprint density at radius 3 is 2.76 bits per heavy atom. The third-order valence-corrected chi connectivity index (χ3v) is 3.80. The van der Waals surface area contributed by atoms with E-state index in [4.69, 9.17) is 21.1 Å². The fourth-order valence-electron chi connectivity index (χ4n) is 2.47. The molecular formula is C16H23ClN4O4. The van der Waals surface area contributed by atoms with E-state index in [-0.39, 0.29) is 23.4 Å². The molecule has 1 aliphatic rings. The van der Waals surface area contributed by atoms with E-state index in [1.165, 1.54) is 6.33 Å². The van der Waals surface area contributed by atoms with Crippen LogP contribution < -0.4 is 10.2 Å². The van der Waals surface area contributed by atoms with Crippen LogP contribution in [-0.4, -0.2) is 53.4 Å². The first-order chi connectivity index (χ1) is 11.7. The molecule has 25 heavy (non-hydrogen) atoms. The molecule has 1 atom stereocenters. The van der Waals surface area contributed by atoms with E-state index in [1.807, 2.05) is 25.7 Å². The molecule has 0 saturated carbocycles. The summed E-state index contributed by atoms with van der Waals surface area (Å²) in [5, 5.41) is 2.98. The van der Waals surface area contributed by atoms with Crippen molar-refractivity contribution in [3.63, 3.8) is 0 Å². The normalized spacial score (nSPS) is 17.3. The van der Waals surface area contributed by atoms with Gasteiger partial charge in [-0.15, -0.1) is 0 Å². The predicted molar refractivity (Wildman–Crippen MR) is 93.0 cm³/mol. The predicted octanol–water partition coefficient (Wildman–Crippen LogP) is 2.41. The van der Waals surface area contributed by atoms with E-state index in [0.29, 0.717) is 25.3 Å². The van der Waals surface area contributed by atoms with E-state index < -0.39 is 17.7 Å². The first-order valence-electron chi connectivity index (χ1n) is 8.13. The molecule has 1 unspecified atom stereocenters. The van der Waals surface area contributed by atoms with Gasteiger partial charge in [-0.1, -0.05) is 11.6 Å². The summed E-state index contributed by atoms with van der Waals surface area (Å²) < 4.78 is 10.2. The molecule has 8 nitrogen and oxygen atoms in total. The fraction of sp³-hybridized carbons (Fsp3) is 0.625. The van der Waals surface area contributed by atoms with Crippen LogP contribution in [0.4, 0.5) is 10.6 Å². The molecular weight excluding hydrogens is 348 g/mol. The number of nitrogens with zero attached hydrogens (tertiary/aromatic N) is 3. The Labute approximate surface area is 151 Å². The number of nitrogens with one attached hydrogen (secondary N) is 1. The number of esters is 1. The molecule has 1 fully saturated rings. The van der Waals surface area contributed by atoms with Crippen LogP contribution in [0.25, 0.3) is 0 Å². The number of halogens is 1. The molecule has 0 aromatic carbocycles. The number of amides is 1. The lowest BCUT2D eigenvalue weighted by molar-refractivity contribution is 0.0503. The van der Waals surface area contributed by atoms with Crippen LogP contribution >= 0.6 is 11.6 Å². The van der Waals surface area contributed by atoms with Gasteiger partial charge in [0, 0.05) is 13.1 Å². The van der Waals surface area contributed by atoms with Gasteiger partial charge in [-0.3, -0.25) is 0 Å². The molecule has 138 valence electrons. The van der Waals surface area contributed by atoms with Crippen molar-refractivity contribution in [3.05, 3.63) is 17.0 Å². The first-order valence-corrected chi connectivity index (χ1v) is 8.51. The maximum absolute atomic E-state index is 11.9. The quantitative estimate of drug-likeness (QED) is 0.813. The molecule has 1 amide bonds. The highest BCUT2D eigenvalue weighted by atomic mass is 35.5. The number of hydrogen-bond donors (Lipinski definition) is 1. The Kier molecular flexibility index (Phi) is 6.05. The van der Waals surface area contributed by atoms with Gasteiger partial charge in [-0.25, -0.2) is 19.6 Å². The monoisotopic (exact) mass is 370 g/mol. The lowest BCUT2D eigenvalue weighted by Gasteiger charge is -2.22. The maximum atomic E-state index is 11.9. The van der Waals surface area contributed by atoms with Crippen molar-refractivity contribution in [1.82, 2.24) is 15.3 Å². The average Bonchev–Trinajstić information content (AvgIpc) is 2.93. The van der Waals surface area contributed by atoms with Crippen molar-refractivity contribution >= 4 is 29.5 Å². The molecule has 0 spiro atoms. The number of hydrogen-bond acceptors (Lipinski definition) is 7. The van der Waals surface area contributed by atoms with Gasteiger partial charge >= 0.3 is 12.1 Å². The zero-order valence-corrected chi connectivity index (χ0v) is 15.6. The number of rotatable bonds is 4. The Morgan fingerprint density at radius 1 is 1.40 bits per heavy atom. The van der Waals surface area contributed by atoms with Crippen molar-refractivity contribution in [2.24, 2.45) is 0 Å². The van der Waals surface area contributed by atoms with Crippen molar-refractivity contribution in [3.8, 4) is 0 Å². The molecule has 0 bridgehead atoms. The van der Waals surface area contributed by atoms with Crippen molar-refractivity contribution in [1.29, 1.82) is 0 Å². The maximum Gasteiger partial charge on any atom is 0.407 e. The number of carbonyl (C=O) groups excluding carboxylic acids is 2. The first kappa shape index (κ1) is 19.2. The van der Waals surface area contributed by atoms with Gasteiger partial charge in [0.05, 0.1) is 12.6 Å². The fourth-order valence-corrected chi connectivity index (χ4v) is 2.76. The highest BCUT2D eigenvalue weighted by Crippen LogP contribution is 2.28. The SMILES string of the molecule is CCOC(=O)c1ncnc(N2CCC(NC(=O)OC(C)(C)C)C2)c1Cl. The third-order valence-electron chi connectivity index (χ3n) is 3.45. The van der Waals surface area contributed by atoms with E-state index in [0.717, 1.165) is 0 Å². The van der Waals surface area contributed by atoms with Gasteiger partial charge < -0.3 is 19.7 Å². The second-order valence-corrected chi connectivity index (χ2v) is 7.04. The molecule has 2 heterocycles. The number of aromatic nitrogens is 2.